The zero-order valence-corrected chi connectivity index (χ0v) is 19.7. The molecule has 0 atom stereocenters. The monoisotopic (exact) mass is 458 g/mol. The van der Waals surface area contributed by atoms with E-state index in [1.165, 1.54) is 5.01 Å². The van der Waals surface area contributed by atoms with Crippen molar-refractivity contribution in [1.82, 2.24) is 10.2 Å². The molecule has 1 N–H and O–H groups in total. The average molecular weight is 459 g/mol. The van der Waals surface area contributed by atoms with Gasteiger partial charge in [-0.25, -0.2) is 5.01 Å². The summed E-state index contributed by atoms with van der Waals surface area (Å²) in [6.45, 7) is 4.38. The van der Waals surface area contributed by atoms with Crippen LogP contribution in [0.15, 0.2) is 47.6 Å². The molecule has 0 aromatic heterocycles. The molecule has 5 rings (SSSR count). The summed E-state index contributed by atoms with van der Waals surface area (Å²) in [6.07, 6.45) is 4.67. The minimum atomic E-state index is -0.110. The Morgan fingerprint density at radius 2 is 1.76 bits per heavy atom. The molecule has 1 heterocycles. The normalized spacial score (nSPS) is 17.9. The number of nitrogens with one attached hydrogen (secondary N) is 1. The minimum absolute atomic E-state index is 0.0445. The van der Waals surface area contributed by atoms with Gasteiger partial charge in [-0.1, -0.05) is 24.3 Å². The Hall–Kier alpha value is -3.48. The Labute approximate surface area is 199 Å². The van der Waals surface area contributed by atoms with Crippen LogP contribution in [0.25, 0.3) is 0 Å². The second-order valence-electron chi connectivity index (χ2n) is 9.65. The molecular weight excluding hydrogens is 428 g/mol. The summed E-state index contributed by atoms with van der Waals surface area (Å²) in [6, 6.07) is 13.9. The molecule has 0 saturated heterocycles. The highest BCUT2D eigenvalue weighted by molar-refractivity contribution is 6.40. The van der Waals surface area contributed by atoms with Crippen molar-refractivity contribution in [2.75, 3.05) is 5.01 Å². The Morgan fingerprint density at radius 1 is 1.03 bits per heavy atom. The third-order valence-corrected chi connectivity index (χ3v) is 6.60. The predicted molar refractivity (Wildman–Crippen MR) is 131 cm³/mol. The van der Waals surface area contributed by atoms with Gasteiger partial charge in [-0.2, -0.15) is 5.10 Å². The maximum atomic E-state index is 13.5. The fraction of sp³-hybridized carbons (Fsp3) is 0.407. The van der Waals surface area contributed by atoms with Crippen LogP contribution in [0.4, 0.5) is 5.69 Å². The topological polar surface area (TPSA) is 82.1 Å². The average Bonchev–Trinajstić information content (AvgIpc) is 3.75. The number of anilines is 1. The first-order valence-corrected chi connectivity index (χ1v) is 12.1. The molecule has 1 aliphatic heterocycles. The highest BCUT2D eigenvalue weighted by atomic mass is 16.2. The first-order chi connectivity index (χ1) is 16.4. The molecule has 2 aromatic rings. The molecule has 7 heteroatoms. The maximum Gasteiger partial charge on any atom is 0.270 e. The SMILES string of the molecule is Cc1ccc(C)c(N2N=C(C(=O)N(Cc3ccc(C(=O)NC4CC4)cc3)C3CC3)CCC2=O)c1. The lowest BCUT2D eigenvalue weighted by Gasteiger charge is -2.28. The van der Waals surface area contributed by atoms with Crippen molar-refractivity contribution in [3.63, 3.8) is 0 Å². The Kier molecular flexibility index (Phi) is 5.94. The van der Waals surface area contributed by atoms with Crippen molar-refractivity contribution >= 4 is 29.1 Å². The molecule has 0 unspecified atom stereocenters. The van der Waals surface area contributed by atoms with Crippen LogP contribution in [0, 0.1) is 13.8 Å². The van der Waals surface area contributed by atoms with Gasteiger partial charge in [-0.3, -0.25) is 14.4 Å². The molecule has 7 nitrogen and oxygen atoms in total. The molecule has 176 valence electrons. The van der Waals surface area contributed by atoms with E-state index in [0.29, 0.717) is 30.3 Å². The van der Waals surface area contributed by atoms with Gasteiger partial charge in [-0.15, -0.1) is 0 Å². The van der Waals surface area contributed by atoms with Gasteiger partial charge in [0.2, 0.25) is 5.91 Å². The first-order valence-electron chi connectivity index (χ1n) is 12.1. The van der Waals surface area contributed by atoms with Crippen LogP contribution in [0.5, 0.6) is 0 Å². The molecule has 0 bridgehead atoms. The molecule has 2 aromatic carbocycles. The van der Waals surface area contributed by atoms with Crippen LogP contribution in [0.3, 0.4) is 0 Å². The van der Waals surface area contributed by atoms with Crippen molar-refractivity contribution in [3.8, 4) is 0 Å². The number of benzene rings is 2. The first kappa shape index (κ1) is 22.3. The van der Waals surface area contributed by atoms with Gasteiger partial charge in [0.1, 0.15) is 5.71 Å². The Balaban J connectivity index is 1.33. The predicted octanol–water partition coefficient (Wildman–Crippen LogP) is 3.87. The van der Waals surface area contributed by atoms with E-state index < -0.39 is 0 Å². The fourth-order valence-electron chi connectivity index (χ4n) is 4.22. The largest absolute Gasteiger partial charge is 0.349 e. The van der Waals surface area contributed by atoms with Crippen molar-refractivity contribution < 1.29 is 14.4 Å². The summed E-state index contributed by atoms with van der Waals surface area (Å²) in [5, 5.41) is 8.93. The molecule has 2 fully saturated rings. The number of hydrogen-bond donors (Lipinski definition) is 1. The van der Waals surface area contributed by atoms with E-state index in [9.17, 15) is 14.4 Å². The van der Waals surface area contributed by atoms with Crippen LogP contribution in [-0.2, 0) is 16.1 Å². The van der Waals surface area contributed by atoms with Crippen LogP contribution >= 0.6 is 0 Å². The molecule has 34 heavy (non-hydrogen) atoms. The third-order valence-electron chi connectivity index (χ3n) is 6.60. The van der Waals surface area contributed by atoms with E-state index >= 15 is 0 Å². The highest BCUT2D eigenvalue weighted by Gasteiger charge is 2.36. The van der Waals surface area contributed by atoms with E-state index in [1.54, 1.807) is 0 Å². The van der Waals surface area contributed by atoms with Crippen molar-refractivity contribution in [1.29, 1.82) is 0 Å². The Bertz CT molecular complexity index is 1160. The van der Waals surface area contributed by atoms with Gasteiger partial charge in [0.05, 0.1) is 5.69 Å². The summed E-state index contributed by atoms with van der Waals surface area (Å²) in [5.74, 6) is -0.249. The van der Waals surface area contributed by atoms with Crippen molar-refractivity contribution in [2.24, 2.45) is 5.10 Å². The number of hydrogen-bond acceptors (Lipinski definition) is 4. The summed E-state index contributed by atoms with van der Waals surface area (Å²) in [5.41, 5.74) is 4.75. The van der Waals surface area contributed by atoms with Crippen molar-refractivity contribution in [2.45, 2.75) is 71.0 Å². The number of carbonyl (C=O) groups excluding carboxylic acids is 3. The quantitative estimate of drug-likeness (QED) is 0.684. The van der Waals surface area contributed by atoms with Crippen LogP contribution < -0.4 is 10.3 Å². The van der Waals surface area contributed by atoms with Crippen molar-refractivity contribution in [3.05, 3.63) is 64.7 Å². The number of rotatable bonds is 7. The summed E-state index contributed by atoms with van der Waals surface area (Å²) >= 11 is 0. The number of amides is 3. The molecule has 0 radical (unpaired) electrons. The van der Waals surface area contributed by atoms with Crippen LogP contribution in [-0.4, -0.2) is 40.4 Å². The fourth-order valence-corrected chi connectivity index (χ4v) is 4.22. The maximum absolute atomic E-state index is 13.5. The minimum Gasteiger partial charge on any atom is -0.349 e. The van der Waals surface area contributed by atoms with Gasteiger partial charge >= 0.3 is 0 Å². The summed E-state index contributed by atoms with van der Waals surface area (Å²) in [7, 11) is 0. The lowest BCUT2D eigenvalue weighted by Crippen LogP contribution is -2.42. The third kappa shape index (κ3) is 4.88. The Morgan fingerprint density at radius 3 is 2.44 bits per heavy atom. The molecular formula is C27H30N4O3. The van der Waals surface area contributed by atoms with Gasteiger partial charge in [0.15, 0.2) is 0 Å². The van der Waals surface area contributed by atoms with E-state index in [4.69, 9.17) is 0 Å². The van der Waals surface area contributed by atoms with Crippen LogP contribution in [0.2, 0.25) is 0 Å². The zero-order chi connectivity index (χ0) is 23.8. The lowest BCUT2D eigenvalue weighted by atomic mass is 10.1. The number of carbonyl (C=O) groups is 3. The molecule has 3 aliphatic rings. The molecule has 0 spiro atoms. The zero-order valence-electron chi connectivity index (χ0n) is 19.7. The van der Waals surface area contributed by atoms with Gasteiger partial charge in [-0.05, 0) is 74.4 Å². The van der Waals surface area contributed by atoms with Gasteiger partial charge < -0.3 is 10.2 Å². The van der Waals surface area contributed by atoms with E-state index in [1.807, 2.05) is 61.2 Å². The van der Waals surface area contributed by atoms with E-state index in [0.717, 1.165) is 48.1 Å². The van der Waals surface area contributed by atoms with Gasteiger partial charge in [0.25, 0.3) is 11.8 Å². The number of nitrogens with zero attached hydrogens (tertiary/aromatic N) is 3. The molecule has 3 amide bonds. The second kappa shape index (κ2) is 9.05. The smallest absolute Gasteiger partial charge is 0.270 e. The standard InChI is InChI=1S/C27H30N4O3/c1-17-3-4-18(2)24(15-17)31-25(32)14-13-23(29-31)27(34)30(22-11-12-22)16-19-5-7-20(8-6-19)26(33)28-21-9-10-21/h3-8,15,21-22H,9-14,16H2,1-2H3,(H,28,33). The molecule has 2 saturated carbocycles. The lowest BCUT2D eigenvalue weighted by molar-refractivity contribution is -0.125. The van der Waals surface area contributed by atoms with Crippen LogP contribution in [0.1, 0.15) is 65.6 Å². The highest BCUT2D eigenvalue weighted by Crippen LogP contribution is 2.31. The number of aryl methyl sites for hydroxylation is 2. The van der Waals surface area contributed by atoms with E-state index in [-0.39, 0.29) is 30.2 Å². The van der Waals surface area contributed by atoms with E-state index in [2.05, 4.69) is 10.4 Å². The van der Waals surface area contributed by atoms with Gasteiger partial charge in [0, 0.05) is 37.0 Å². The second-order valence-corrected chi connectivity index (χ2v) is 9.65. The summed E-state index contributed by atoms with van der Waals surface area (Å²) in [4.78, 5) is 40.3. The molecule has 2 aliphatic carbocycles. The number of hydrazone groups is 1. The summed E-state index contributed by atoms with van der Waals surface area (Å²) < 4.78 is 0.